The smallest absolute Gasteiger partial charge is 0.0710 e. The highest BCUT2D eigenvalue weighted by Gasteiger charge is 2.46. The highest BCUT2D eigenvalue weighted by Crippen LogP contribution is 2.56. The Labute approximate surface area is 246 Å². The summed E-state index contributed by atoms with van der Waals surface area (Å²) in [5, 5.41) is 0. The Bertz CT molecular complexity index is 1690. The lowest BCUT2D eigenvalue weighted by Crippen LogP contribution is -2.30. The largest absolute Gasteiger partial charge is 0.0991 e. The van der Waals surface area contributed by atoms with Gasteiger partial charge >= 0.3 is 0 Å². The molecule has 0 spiro atoms. The summed E-state index contributed by atoms with van der Waals surface area (Å²) in [6, 6.07) is 35.4. The van der Waals surface area contributed by atoms with Crippen LogP contribution in [0, 0.1) is 6.92 Å². The molecule has 0 aromatic heterocycles. The molecule has 5 rings (SSSR count). The second-order valence-corrected chi connectivity index (χ2v) is 10.5. The lowest BCUT2D eigenvalue weighted by Gasteiger charge is -2.36. The quantitative estimate of drug-likeness (QED) is 0.189. The average Bonchev–Trinajstić information content (AvgIpc) is 3.29. The van der Waals surface area contributed by atoms with E-state index in [0.29, 0.717) is 0 Å². The maximum atomic E-state index is 4.36. The van der Waals surface area contributed by atoms with Gasteiger partial charge in [0.25, 0.3) is 0 Å². The van der Waals surface area contributed by atoms with Gasteiger partial charge in [-0.05, 0) is 82.0 Å². The zero-order valence-corrected chi connectivity index (χ0v) is 24.4. The predicted molar refractivity (Wildman–Crippen MR) is 179 cm³/mol. The first-order chi connectivity index (χ1) is 20.1. The van der Waals surface area contributed by atoms with E-state index in [9.17, 15) is 0 Å². The molecule has 4 aromatic carbocycles. The molecule has 1 aliphatic rings. The van der Waals surface area contributed by atoms with Crippen molar-refractivity contribution in [3.63, 3.8) is 0 Å². The minimum absolute atomic E-state index is 0.476. The second-order valence-electron chi connectivity index (χ2n) is 10.5. The van der Waals surface area contributed by atoms with Crippen LogP contribution in [0.3, 0.4) is 0 Å². The summed E-state index contributed by atoms with van der Waals surface area (Å²) < 4.78 is 0. The van der Waals surface area contributed by atoms with Gasteiger partial charge in [-0.1, -0.05) is 159 Å². The van der Waals surface area contributed by atoms with Gasteiger partial charge in [-0.15, -0.1) is 0 Å². The molecule has 1 unspecified atom stereocenters. The van der Waals surface area contributed by atoms with Gasteiger partial charge in [0.15, 0.2) is 0 Å². The van der Waals surface area contributed by atoms with Crippen LogP contribution in [0.25, 0.3) is 27.8 Å². The summed E-state index contributed by atoms with van der Waals surface area (Å²) in [5.41, 5.74) is 13.1. The molecule has 1 atom stereocenters. The highest BCUT2D eigenvalue weighted by molar-refractivity contribution is 5.93. The van der Waals surface area contributed by atoms with Crippen molar-refractivity contribution in [1.82, 2.24) is 0 Å². The first-order valence-corrected chi connectivity index (χ1v) is 14.5. The normalized spacial score (nSPS) is 16.9. The third-order valence-corrected chi connectivity index (χ3v) is 7.99. The molecule has 0 heteroatoms. The van der Waals surface area contributed by atoms with E-state index in [1.807, 2.05) is 12.2 Å². The first kappa shape index (κ1) is 27.9. The zero-order valence-electron chi connectivity index (χ0n) is 24.4. The van der Waals surface area contributed by atoms with E-state index in [1.165, 1.54) is 61.2 Å². The van der Waals surface area contributed by atoms with Crippen LogP contribution in [0.2, 0.25) is 0 Å². The molecule has 0 fully saturated rings. The predicted octanol–water partition coefficient (Wildman–Crippen LogP) is 11.2. The molecule has 4 aromatic rings. The molecule has 0 aliphatic heterocycles. The Hall–Kier alpha value is -4.68. The first-order valence-electron chi connectivity index (χ1n) is 14.5. The van der Waals surface area contributed by atoms with Gasteiger partial charge in [0.05, 0.1) is 5.41 Å². The molecule has 1 aliphatic carbocycles. The lowest BCUT2D eigenvalue weighted by atomic mass is 9.66. The van der Waals surface area contributed by atoms with Crippen molar-refractivity contribution in [1.29, 1.82) is 0 Å². The molecule has 0 N–H and O–H groups in total. The van der Waals surface area contributed by atoms with Crippen molar-refractivity contribution in [2.24, 2.45) is 0 Å². The molecule has 41 heavy (non-hydrogen) atoms. The second kappa shape index (κ2) is 12.2. The van der Waals surface area contributed by atoms with Crippen LogP contribution in [-0.4, -0.2) is 0 Å². The van der Waals surface area contributed by atoms with Crippen LogP contribution in [0.5, 0.6) is 0 Å². The Morgan fingerprint density at radius 3 is 2.07 bits per heavy atom. The SMILES string of the molecule is C=C/C=C\C(=C/CC)C1(c2ccccc2)C(C=C)=C(/C=C\C)c2cc(-c3ccc(-c4cccc(C)c4)cc3)ccc21. The fraction of sp³-hybridized carbons (Fsp3) is 0.122. The topological polar surface area (TPSA) is 0 Å². The summed E-state index contributed by atoms with van der Waals surface area (Å²) in [4.78, 5) is 0. The molecule has 0 saturated heterocycles. The van der Waals surface area contributed by atoms with Crippen LogP contribution in [-0.2, 0) is 5.41 Å². The minimum atomic E-state index is -0.476. The van der Waals surface area contributed by atoms with Gasteiger partial charge in [0.2, 0.25) is 0 Å². The standard InChI is InChI=1S/C41H38/c1-6-10-19-35(15-7-2)41(36-20-12-11-13-21-36)39(9-4)37(16-8-3)38-29-34(26-27-40(38)41)32-24-22-31(23-25-32)33-18-14-17-30(5)28-33/h6,8-29H,1,4,7H2,2-3,5H3/b16-8-,19-10-,35-15+. The molecule has 0 saturated carbocycles. The van der Waals surface area contributed by atoms with Gasteiger partial charge in [0, 0.05) is 0 Å². The van der Waals surface area contributed by atoms with Gasteiger partial charge in [-0.25, -0.2) is 0 Å². The average molecular weight is 531 g/mol. The number of allylic oxidation sites excluding steroid dienone is 10. The molecule has 0 nitrogen and oxygen atoms in total. The maximum Gasteiger partial charge on any atom is 0.0710 e. The van der Waals surface area contributed by atoms with Crippen LogP contribution in [0.1, 0.15) is 42.5 Å². The minimum Gasteiger partial charge on any atom is -0.0991 e. The summed E-state index contributed by atoms with van der Waals surface area (Å²) in [6.07, 6.45) is 15.8. The van der Waals surface area contributed by atoms with Crippen molar-refractivity contribution >= 4 is 5.57 Å². The number of hydrogen-bond donors (Lipinski definition) is 0. The molecule has 202 valence electrons. The number of rotatable bonds is 9. The summed E-state index contributed by atoms with van der Waals surface area (Å²) >= 11 is 0. The molecular formula is C41H38. The van der Waals surface area contributed by atoms with Gasteiger partial charge in [-0.3, -0.25) is 0 Å². The number of benzene rings is 4. The van der Waals surface area contributed by atoms with Gasteiger partial charge in [-0.2, -0.15) is 0 Å². The van der Waals surface area contributed by atoms with E-state index < -0.39 is 5.41 Å². The summed E-state index contributed by atoms with van der Waals surface area (Å²) in [5.74, 6) is 0. The molecule has 0 amide bonds. The maximum absolute atomic E-state index is 4.36. The van der Waals surface area contributed by atoms with Crippen molar-refractivity contribution in [3.8, 4) is 22.3 Å². The van der Waals surface area contributed by atoms with E-state index in [-0.39, 0.29) is 0 Å². The molecule has 0 heterocycles. The monoisotopic (exact) mass is 530 g/mol. The molecule has 0 radical (unpaired) electrons. The fourth-order valence-electron chi connectivity index (χ4n) is 6.27. The Balaban J connectivity index is 1.74. The fourth-order valence-corrected chi connectivity index (χ4v) is 6.27. The van der Waals surface area contributed by atoms with Crippen molar-refractivity contribution in [2.45, 2.75) is 32.6 Å². The number of hydrogen-bond acceptors (Lipinski definition) is 0. The summed E-state index contributed by atoms with van der Waals surface area (Å²) in [6.45, 7) is 14.7. The van der Waals surface area contributed by atoms with Crippen LogP contribution >= 0.6 is 0 Å². The van der Waals surface area contributed by atoms with E-state index in [1.54, 1.807) is 0 Å². The van der Waals surface area contributed by atoms with E-state index >= 15 is 0 Å². The van der Waals surface area contributed by atoms with E-state index in [2.05, 4.69) is 161 Å². The van der Waals surface area contributed by atoms with Crippen molar-refractivity contribution in [3.05, 3.63) is 186 Å². The van der Waals surface area contributed by atoms with E-state index in [0.717, 1.165) is 6.42 Å². The molecule has 0 bridgehead atoms. The van der Waals surface area contributed by atoms with Crippen LogP contribution in [0.15, 0.2) is 164 Å². The van der Waals surface area contributed by atoms with E-state index in [4.69, 9.17) is 0 Å². The summed E-state index contributed by atoms with van der Waals surface area (Å²) in [7, 11) is 0. The Kier molecular flexibility index (Phi) is 8.31. The Morgan fingerprint density at radius 2 is 1.46 bits per heavy atom. The van der Waals surface area contributed by atoms with Crippen LogP contribution in [0.4, 0.5) is 0 Å². The Morgan fingerprint density at radius 1 is 0.780 bits per heavy atom. The third kappa shape index (κ3) is 5.03. The number of aryl methyl sites for hydroxylation is 1. The number of fused-ring (bicyclic) bond motifs is 1. The van der Waals surface area contributed by atoms with Crippen LogP contribution < -0.4 is 0 Å². The third-order valence-electron chi connectivity index (χ3n) is 7.99. The molecular weight excluding hydrogens is 492 g/mol. The van der Waals surface area contributed by atoms with Gasteiger partial charge in [0.1, 0.15) is 0 Å². The zero-order chi connectivity index (χ0) is 28.8. The van der Waals surface area contributed by atoms with Gasteiger partial charge < -0.3 is 0 Å². The lowest BCUT2D eigenvalue weighted by molar-refractivity contribution is 0.755. The van der Waals surface area contributed by atoms with Crippen molar-refractivity contribution in [2.75, 3.05) is 0 Å². The highest BCUT2D eigenvalue weighted by atomic mass is 14.5. The van der Waals surface area contributed by atoms with Crippen molar-refractivity contribution < 1.29 is 0 Å².